The fraction of sp³-hybridized carbons (Fsp3) is 0.800. The van der Waals surface area contributed by atoms with Crippen LogP contribution >= 0.6 is 24.0 Å². The van der Waals surface area contributed by atoms with E-state index in [1.165, 1.54) is 0 Å². The second kappa shape index (κ2) is 7.98. The maximum absolute atomic E-state index is 5.24. The largest absolute Gasteiger partial charge is 1.00 e. The van der Waals surface area contributed by atoms with Crippen LogP contribution in [0.1, 0.15) is 15.3 Å². The smallest absolute Gasteiger partial charge is 1.00 e. The summed E-state index contributed by atoms with van der Waals surface area (Å²) in [5, 5.41) is 0. The van der Waals surface area contributed by atoms with Gasteiger partial charge in [-0.05, 0) is 5.92 Å². The van der Waals surface area contributed by atoms with Crippen molar-refractivity contribution < 1.29 is 52.8 Å². The van der Waals surface area contributed by atoms with Crippen molar-refractivity contribution in [2.75, 3.05) is 5.75 Å². The van der Waals surface area contributed by atoms with Gasteiger partial charge in [0.1, 0.15) is 4.32 Å². The van der Waals surface area contributed by atoms with Crippen LogP contribution in [-0.4, -0.2) is 10.1 Å². The van der Waals surface area contributed by atoms with Crippen LogP contribution in [0.25, 0.3) is 0 Å². The minimum atomic E-state index is 0. The Morgan fingerprint density at radius 3 is 2.33 bits per heavy atom. The van der Waals surface area contributed by atoms with Crippen LogP contribution in [0.5, 0.6) is 0 Å². The Bertz CT molecular complexity index is 89.7. The van der Waals surface area contributed by atoms with Gasteiger partial charge in [0.15, 0.2) is 0 Å². The van der Waals surface area contributed by atoms with E-state index in [4.69, 9.17) is 5.73 Å². The zero-order valence-corrected chi connectivity index (χ0v) is 10.9. The first-order valence-electron chi connectivity index (χ1n) is 2.55. The summed E-state index contributed by atoms with van der Waals surface area (Å²) in [4.78, 5) is 0. The zero-order chi connectivity index (χ0) is 6.57. The standard InChI is InChI=1S/C5H11NS2.K.H/c1-4(2)3-8-5(6)7;;/h4H,3H2,1-2H3,(H2,6,7);;/q;+1;-1. The topological polar surface area (TPSA) is 26.0 Å². The predicted molar refractivity (Wildman–Crippen MR) is 45.2 cm³/mol. The molecule has 0 saturated heterocycles. The third-order valence-electron chi connectivity index (χ3n) is 0.559. The molecule has 0 aliphatic carbocycles. The van der Waals surface area contributed by atoms with E-state index in [-0.39, 0.29) is 52.8 Å². The average molecular weight is 189 g/mol. The second-order valence-corrected chi connectivity index (χ2v) is 3.78. The van der Waals surface area contributed by atoms with Crippen LogP contribution in [0.2, 0.25) is 0 Å². The van der Waals surface area contributed by atoms with E-state index in [0.717, 1.165) is 5.75 Å². The van der Waals surface area contributed by atoms with E-state index in [1.807, 2.05) is 0 Å². The Kier molecular flexibility index (Phi) is 11.9. The van der Waals surface area contributed by atoms with Crippen molar-refractivity contribution in [2.45, 2.75) is 13.8 Å². The molecule has 0 aromatic carbocycles. The van der Waals surface area contributed by atoms with Gasteiger partial charge in [-0.3, -0.25) is 0 Å². The molecule has 0 spiro atoms. The van der Waals surface area contributed by atoms with Gasteiger partial charge in [-0.1, -0.05) is 37.8 Å². The second-order valence-electron chi connectivity index (χ2n) is 2.02. The number of hydrogen-bond acceptors (Lipinski definition) is 2. The SMILES string of the molecule is CC(C)CSC(N)=S.[H-].[K+]. The summed E-state index contributed by atoms with van der Waals surface area (Å²) in [7, 11) is 0. The maximum atomic E-state index is 5.24. The van der Waals surface area contributed by atoms with Crippen LogP contribution in [0.4, 0.5) is 0 Å². The average Bonchev–Trinajstić information content (AvgIpc) is 1.61. The van der Waals surface area contributed by atoms with Crippen LogP contribution in [0.3, 0.4) is 0 Å². The minimum Gasteiger partial charge on any atom is -1.00 e. The molecule has 9 heavy (non-hydrogen) atoms. The fourth-order valence-corrected chi connectivity index (χ4v) is 0.951. The summed E-state index contributed by atoms with van der Waals surface area (Å²) >= 11 is 6.20. The molecule has 0 unspecified atom stereocenters. The Labute approximate surface area is 110 Å². The Morgan fingerprint density at radius 1 is 1.78 bits per heavy atom. The molecule has 50 valence electrons. The summed E-state index contributed by atoms with van der Waals surface area (Å²) < 4.78 is 0.554. The summed E-state index contributed by atoms with van der Waals surface area (Å²) in [6.45, 7) is 4.29. The molecule has 0 fully saturated rings. The summed E-state index contributed by atoms with van der Waals surface area (Å²) in [5.74, 6) is 1.72. The van der Waals surface area contributed by atoms with E-state index in [0.29, 0.717) is 10.2 Å². The van der Waals surface area contributed by atoms with E-state index in [1.54, 1.807) is 11.8 Å². The van der Waals surface area contributed by atoms with Gasteiger partial charge in [0, 0.05) is 5.75 Å². The molecule has 0 rings (SSSR count). The van der Waals surface area contributed by atoms with Crippen molar-refractivity contribution in [3.05, 3.63) is 0 Å². The van der Waals surface area contributed by atoms with E-state index >= 15 is 0 Å². The van der Waals surface area contributed by atoms with Gasteiger partial charge in [0.2, 0.25) is 0 Å². The number of hydrogen-bond donors (Lipinski definition) is 1. The van der Waals surface area contributed by atoms with Crippen molar-refractivity contribution in [1.82, 2.24) is 0 Å². The third kappa shape index (κ3) is 13.0. The summed E-state index contributed by atoms with van der Waals surface area (Å²) in [6.07, 6.45) is 0. The third-order valence-corrected chi connectivity index (χ3v) is 2.03. The van der Waals surface area contributed by atoms with Gasteiger partial charge >= 0.3 is 51.4 Å². The van der Waals surface area contributed by atoms with Gasteiger partial charge in [0.25, 0.3) is 0 Å². The minimum absolute atomic E-state index is 0. The first-order chi connectivity index (χ1) is 3.63. The van der Waals surface area contributed by atoms with Gasteiger partial charge in [0.05, 0.1) is 0 Å². The van der Waals surface area contributed by atoms with Crippen LogP contribution in [-0.2, 0) is 0 Å². The molecule has 0 radical (unpaired) electrons. The first kappa shape index (κ1) is 13.5. The van der Waals surface area contributed by atoms with Crippen LogP contribution in [0.15, 0.2) is 0 Å². The molecule has 4 heteroatoms. The molecule has 0 heterocycles. The molecule has 0 aromatic heterocycles. The molecule has 0 amide bonds. The first-order valence-corrected chi connectivity index (χ1v) is 3.94. The van der Waals surface area contributed by atoms with Gasteiger partial charge in [-0.25, -0.2) is 0 Å². The predicted octanol–water partition coefficient (Wildman–Crippen LogP) is -1.26. The monoisotopic (exact) mass is 189 g/mol. The van der Waals surface area contributed by atoms with Crippen molar-refractivity contribution in [1.29, 1.82) is 0 Å². The Balaban J connectivity index is -0.000000245. The molecular formula is C5H12KNS2. The van der Waals surface area contributed by atoms with Crippen molar-refractivity contribution >= 4 is 28.3 Å². The Hall–Kier alpha value is 1.88. The number of nitrogens with two attached hydrogens (primary N) is 1. The zero-order valence-electron chi connectivity index (χ0n) is 7.18. The van der Waals surface area contributed by atoms with Gasteiger partial charge in [-0.15, -0.1) is 0 Å². The molecule has 0 bridgehead atoms. The molecule has 0 aromatic rings. The van der Waals surface area contributed by atoms with Gasteiger partial charge < -0.3 is 7.16 Å². The van der Waals surface area contributed by atoms with E-state index < -0.39 is 0 Å². The summed E-state index contributed by atoms with van der Waals surface area (Å²) in [6, 6.07) is 0. The quantitative estimate of drug-likeness (QED) is 0.434. The molecular weight excluding hydrogens is 177 g/mol. The number of thioether (sulfide) groups is 1. The van der Waals surface area contributed by atoms with E-state index in [9.17, 15) is 0 Å². The van der Waals surface area contributed by atoms with Crippen molar-refractivity contribution in [3.8, 4) is 0 Å². The molecule has 2 N–H and O–H groups in total. The van der Waals surface area contributed by atoms with Crippen molar-refractivity contribution in [3.63, 3.8) is 0 Å². The maximum Gasteiger partial charge on any atom is 1.00 e. The van der Waals surface area contributed by atoms with Crippen LogP contribution < -0.4 is 57.1 Å². The van der Waals surface area contributed by atoms with E-state index in [2.05, 4.69) is 26.1 Å². The molecule has 0 atom stereocenters. The van der Waals surface area contributed by atoms with Gasteiger partial charge in [-0.2, -0.15) is 0 Å². The normalized spacial score (nSPS) is 8.78. The molecule has 0 saturated carbocycles. The molecule has 1 nitrogen and oxygen atoms in total. The Morgan fingerprint density at radius 2 is 2.22 bits per heavy atom. The molecule has 0 aliphatic heterocycles. The number of thiocarbonyl (C=S) groups is 1. The van der Waals surface area contributed by atoms with Crippen molar-refractivity contribution in [2.24, 2.45) is 11.7 Å². The molecule has 0 aliphatic rings. The summed E-state index contributed by atoms with van der Waals surface area (Å²) in [5.41, 5.74) is 5.24. The fourth-order valence-electron chi connectivity index (χ4n) is 0.249. The van der Waals surface area contributed by atoms with Crippen LogP contribution in [0, 0.1) is 5.92 Å². The number of rotatable bonds is 2.